The SMILES string of the molecule is Cc1ccc(NC(=O)CSc2nc(-c3ccc4c(c3)OCO4)cn2-c2ccc(C)cc2)cc1. The average Bonchev–Trinajstić information content (AvgIpc) is 3.46. The first kappa shape index (κ1) is 21.2. The summed E-state index contributed by atoms with van der Waals surface area (Å²) in [6.45, 7) is 4.30. The number of imidazole rings is 1. The molecule has 0 bridgehead atoms. The van der Waals surface area contributed by atoms with Gasteiger partial charge in [0.25, 0.3) is 0 Å². The van der Waals surface area contributed by atoms with Gasteiger partial charge in [0, 0.05) is 23.1 Å². The summed E-state index contributed by atoms with van der Waals surface area (Å²) in [5.41, 5.74) is 5.84. The standard InChI is InChI=1S/C26H23N3O3S/c1-17-3-8-20(9-4-17)27-25(30)15-33-26-28-22(14-29(26)21-10-5-18(2)6-11-21)19-7-12-23-24(13-19)32-16-31-23/h3-14H,15-16H2,1-2H3,(H,27,30). The highest BCUT2D eigenvalue weighted by Crippen LogP contribution is 2.36. The third kappa shape index (κ3) is 4.73. The molecule has 0 radical (unpaired) electrons. The summed E-state index contributed by atoms with van der Waals surface area (Å²) >= 11 is 1.40. The lowest BCUT2D eigenvalue weighted by Gasteiger charge is -2.08. The van der Waals surface area contributed by atoms with E-state index in [1.165, 1.54) is 17.3 Å². The molecule has 0 saturated heterocycles. The highest BCUT2D eigenvalue weighted by Gasteiger charge is 2.18. The molecule has 166 valence electrons. The number of carbonyl (C=O) groups excluding carboxylic acids is 1. The first-order valence-electron chi connectivity index (χ1n) is 10.6. The van der Waals surface area contributed by atoms with Crippen LogP contribution in [0.1, 0.15) is 11.1 Å². The highest BCUT2D eigenvalue weighted by atomic mass is 32.2. The predicted molar refractivity (Wildman–Crippen MR) is 130 cm³/mol. The number of amides is 1. The Morgan fingerprint density at radius 3 is 2.42 bits per heavy atom. The normalized spacial score (nSPS) is 12.1. The molecule has 0 saturated carbocycles. The van der Waals surface area contributed by atoms with Crippen LogP contribution in [0.15, 0.2) is 78.1 Å². The Morgan fingerprint density at radius 1 is 0.970 bits per heavy atom. The van der Waals surface area contributed by atoms with Crippen molar-refractivity contribution in [2.45, 2.75) is 19.0 Å². The monoisotopic (exact) mass is 457 g/mol. The van der Waals surface area contributed by atoms with Crippen molar-refractivity contribution in [3.05, 3.63) is 84.1 Å². The van der Waals surface area contributed by atoms with Gasteiger partial charge in [0.2, 0.25) is 12.7 Å². The van der Waals surface area contributed by atoms with E-state index in [0.29, 0.717) is 5.75 Å². The fourth-order valence-electron chi connectivity index (χ4n) is 3.51. The van der Waals surface area contributed by atoms with Crippen molar-refractivity contribution in [3.63, 3.8) is 0 Å². The molecule has 1 aliphatic rings. The van der Waals surface area contributed by atoms with Crippen LogP contribution in [0.4, 0.5) is 5.69 Å². The van der Waals surface area contributed by atoms with E-state index in [2.05, 4.69) is 36.5 Å². The molecule has 1 aliphatic heterocycles. The van der Waals surface area contributed by atoms with Gasteiger partial charge >= 0.3 is 0 Å². The predicted octanol–water partition coefficient (Wildman–Crippen LogP) is 5.62. The summed E-state index contributed by atoms with van der Waals surface area (Å²) in [7, 11) is 0. The highest BCUT2D eigenvalue weighted by molar-refractivity contribution is 7.99. The number of hydrogen-bond acceptors (Lipinski definition) is 5. The van der Waals surface area contributed by atoms with Gasteiger partial charge in [-0.3, -0.25) is 9.36 Å². The van der Waals surface area contributed by atoms with Gasteiger partial charge in [0.05, 0.1) is 11.4 Å². The topological polar surface area (TPSA) is 65.4 Å². The molecule has 0 fully saturated rings. The van der Waals surface area contributed by atoms with Crippen molar-refractivity contribution in [2.75, 3.05) is 17.9 Å². The Morgan fingerprint density at radius 2 is 1.67 bits per heavy atom. The molecule has 3 aromatic carbocycles. The van der Waals surface area contributed by atoms with Crippen LogP contribution in [0.2, 0.25) is 0 Å². The lowest BCUT2D eigenvalue weighted by atomic mass is 10.1. The maximum absolute atomic E-state index is 12.6. The van der Waals surface area contributed by atoms with E-state index in [1.807, 2.05) is 60.2 Å². The summed E-state index contributed by atoms with van der Waals surface area (Å²) in [4.78, 5) is 17.4. The van der Waals surface area contributed by atoms with E-state index in [4.69, 9.17) is 14.5 Å². The van der Waals surface area contributed by atoms with Gasteiger partial charge in [0.1, 0.15) is 0 Å². The molecule has 2 heterocycles. The third-order valence-corrected chi connectivity index (χ3v) is 6.27. The van der Waals surface area contributed by atoms with E-state index in [9.17, 15) is 4.79 Å². The molecular weight excluding hydrogens is 434 g/mol. The van der Waals surface area contributed by atoms with E-state index < -0.39 is 0 Å². The summed E-state index contributed by atoms with van der Waals surface area (Å²) in [5, 5.41) is 3.69. The maximum Gasteiger partial charge on any atom is 0.234 e. The fourth-order valence-corrected chi connectivity index (χ4v) is 4.31. The van der Waals surface area contributed by atoms with E-state index in [-0.39, 0.29) is 18.5 Å². The largest absolute Gasteiger partial charge is 0.454 e. The molecule has 1 N–H and O–H groups in total. The van der Waals surface area contributed by atoms with Crippen molar-refractivity contribution in [1.82, 2.24) is 9.55 Å². The van der Waals surface area contributed by atoms with Gasteiger partial charge in [-0.15, -0.1) is 0 Å². The van der Waals surface area contributed by atoms with Crippen molar-refractivity contribution in [3.8, 4) is 28.4 Å². The van der Waals surface area contributed by atoms with Gasteiger partial charge in [-0.05, 0) is 56.3 Å². The minimum atomic E-state index is -0.0769. The first-order chi connectivity index (χ1) is 16.0. The van der Waals surface area contributed by atoms with E-state index in [0.717, 1.165) is 39.1 Å². The molecule has 5 rings (SSSR count). The summed E-state index contributed by atoms with van der Waals surface area (Å²) in [5.74, 6) is 1.62. The van der Waals surface area contributed by atoms with Crippen LogP contribution >= 0.6 is 11.8 Å². The van der Waals surface area contributed by atoms with Gasteiger partial charge < -0.3 is 14.8 Å². The lowest BCUT2D eigenvalue weighted by Crippen LogP contribution is -2.14. The van der Waals surface area contributed by atoms with Gasteiger partial charge in [-0.25, -0.2) is 4.98 Å². The Hall–Kier alpha value is -3.71. The number of nitrogens with one attached hydrogen (secondary N) is 1. The van der Waals surface area contributed by atoms with Crippen LogP contribution in [0, 0.1) is 13.8 Å². The number of ether oxygens (including phenoxy) is 2. The van der Waals surface area contributed by atoms with Crippen LogP contribution in [0.25, 0.3) is 16.9 Å². The summed E-state index contributed by atoms with van der Waals surface area (Å²) < 4.78 is 13.0. The molecule has 7 heteroatoms. The minimum absolute atomic E-state index is 0.0769. The van der Waals surface area contributed by atoms with Crippen LogP contribution in [-0.4, -0.2) is 28.0 Å². The average molecular weight is 458 g/mol. The molecule has 1 aromatic heterocycles. The maximum atomic E-state index is 12.6. The smallest absolute Gasteiger partial charge is 0.234 e. The molecule has 33 heavy (non-hydrogen) atoms. The number of anilines is 1. The van der Waals surface area contributed by atoms with Crippen molar-refractivity contribution >= 4 is 23.4 Å². The number of benzene rings is 3. The number of aromatic nitrogens is 2. The fraction of sp³-hybridized carbons (Fsp3) is 0.154. The summed E-state index contributed by atoms with van der Waals surface area (Å²) in [6.07, 6.45) is 1.99. The number of thioether (sulfide) groups is 1. The van der Waals surface area contributed by atoms with Crippen molar-refractivity contribution in [2.24, 2.45) is 0 Å². The first-order valence-corrected chi connectivity index (χ1v) is 11.6. The minimum Gasteiger partial charge on any atom is -0.454 e. The second-order valence-corrected chi connectivity index (χ2v) is 8.83. The second kappa shape index (κ2) is 9.03. The summed E-state index contributed by atoms with van der Waals surface area (Å²) in [6, 6.07) is 21.8. The molecular formula is C26H23N3O3S. The Labute approximate surface area is 196 Å². The van der Waals surface area contributed by atoms with Crippen LogP contribution < -0.4 is 14.8 Å². The van der Waals surface area contributed by atoms with Gasteiger partial charge in [0.15, 0.2) is 16.7 Å². The number of carbonyl (C=O) groups is 1. The Bertz CT molecular complexity index is 1300. The Kier molecular flexibility index (Phi) is 5.79. The molecule has 0 spiro atoms. The van der Waals surface area contributed by atoms with Gasteiger partial charge in [-0.2, -0.15) is 0 Å². The molecule has 0 unspecified atom stereocenters. The Balaban J connectivity index is 1.40. The van der Waals surface area contributed by atoms with Crippen molar-refractivity contribution < 1.29 is 14.3 Å². The number of fused-ring (bicyclic) bond motifs is 1. The van der Waals surface area contributed by atoms with Crippen LogP contribution in [-0.2, 0) is 4.79 Å². The molecule has 1 amide bonds. The zero-order valence-electron chi connectivity index (χ0n) is 18.4. The van der Waals surface area contributed by atoms with Crippen molar-refractivity contribution in [1.29, 1.82) is 0 Å². The third-order valence-electron chi connectivity index (χ3n) is 5.32. The number of rotatable bonds is 6. The van der Waals surface area contributed by atoms with E-state index >= 15 is 0 Å². The van der Waals surface area contributed by atoms with Crippen LogP contribution in [0.3, 0.4) is 0 Å². The van der Waals surface area contributed by atoms with Gasteiger partial charge in [-0.1, -0.05) is 47.2 Å². The molecule has 4 aromatic rings. The second-order valence-electron chi connectivity index (χ2n) is 7.89. The quantitative estimate of drug-likeness (QED) is 0.381. The number of hydrogen-bond donors (Lipinski definition) is 1. The molecule has 6 nitrogen and oxygen atoms in total. The molecule has 0 aliphatic carbocycles. The van der Waals surface area contributed by atoms with Crippen LogP contribution in [0.5, 0.6) is 11.5 Å². The number of aryl methyl sites for hydroxylation is 2. The lowest BCUT2D eigenvalue weighted by molar-refractivity contribution is -0.113. The molecule has 0 atom stereocenters. The zero-order valence-corrected chi connectivity index (χ0v) is 19.2. The number of nitrogens with zero attached hydrogens (tertiary/aromatic N) is 2. The van der Waals surface area contributed by atoms with E-state index in [1.54, 1.807) is 0 Å². The zero-order chi connectivity index (χ0) is 22.8.